The molecule has 0 aliphatic rings. The van der Waals surface area contributed by atoms with Crippen LogP contribution in [0.2, 0.25) is 0 Å². The van der Waals surface area contributed by atoms with Crippen LogP contribution in [0.25, 0.3) is 0 Å². The molecule has 0 bridgehead atoms. The quantitative estimate of drug-likeness (QED) is 0.615. The molecule has 1 aromatic carbocycles. The third-order valence-corrected chi connectivity index (χ3v) is 2.08. The minimum absolute atomic E-state index is 0.0154. The summed E-state index contributed by atoms with van der Waals surface area (Å²) in [6.45, 7) is -3.05. The lowest BCUT2D eigenvalue weighted by Crippen LogP contribution is -2.12. The first-order valence-corrected chi connectivity index (χ1v) is 4.64. The fraction of sp³-hybridized carbons (Fsp3) is 0.300. The largest absolute Gasteiger partial charge is 0.469 e. The molecule has 0 amide bonds. The number of rotatable bonds is 4. The number of carbonyl (C=O) groups is 1. The predicted molar refractivity (Wildman–Crippen MR) is 57.6 cm³/mol. The van der Waals surface area contributed by atoms with Crippen LogP contribution in [0.1, 0.15) is 5.56 Å². The van der Waals surface area contributed by atoms with Crippen LogP contribution in [0.4, 0.5) is 20.2 Å². The molecule has 1 aromatic rings. The van der Waals surface area contributed by atoms with Gasteiger partial charge in [0.05, 0.1) is 19.2 Å². The number of ether oxygens (including phenoxy) is 2. The summed E-state index contributed by atoms with van der Waals surface area (Å²) in [7, 11) is 1.18. The van der Waals surface area contributed by atoms with Crippen molar-refractivity contribution in [2.75, 3.05) is 18.6 Å². The Morgan fingerprint density at radius 1 is 1.35 bits per heavy atom. The minimum atomic E-state index is -3.05. The molecule has 4 N–H and O–H groups in total. The number of nitrogen functional groups attached to an aromatic ring is 2. The lowest BCUT2D eigenvalue weighted by Gasteiger charge is -2.14. The Kier molecular flexibility index (Phi) is 4.08. The van der Waals surface area contributed by atoms with Crippen LogP contribution in [-0.2, 0) is 16.0 Å². The normalized spacial score (nSPS) is 10.4. The molecule has 1 rings (SSSR count). The highest BCUT2D eigenvalue weighted by Gasteiger charge is 2.18. The maximum Gasteiger partial charge on any atom is 0.387 e. The second-order valence-electron chi connectivity index (χ2n) is 3.18. The molecular weight excluding hydrogens is 234 g/mol. The standard InChI is InChI=1S/C10H12F2N2O3/c1-16-8(15)4-5-6(13)2-3-7(14)9(5)17-10(11)12/h2-3,10H,4,13-14H2,1H3. The number of carbonyl (C=O) groups excluding carboxylic acids is 1. The Morgan fingerprint density at radius 3 is 2.47 bits per heavy atom. The Labute approximate surface area is 96.3 Å². The van der Waals surface area contributed by atoms with Crippen molar-refractivity contribution in [3.63, 3.8) is 0 Å². The van der Waals surface area contributed by atoms with E-state index in [-0.39, 0.29) is 29.1 Å². The van der Waals surface area contributed by atoms with Crippen molar-refractivity contribution in [3.05, 3.63) is 17.7 Å². The number of anilines is 2. The zero-order valence-electron chi connectivity index (χ0n) is 9.07. The third kappa shape index (κ3) is 3.20. The van der Waals surface area contributed by atoms with Gasteiger partial charge < -0.3 is 20.9 Å². The zero-order valence-corrected chi connectivity index (χ0v) is 9.07. The van der Waals surface area contributed by atoms with E-state index in [0.29, 0.717) is 0 Å². The van der Waals surface area contributed by atoms with E-state index in [0.717, 1.165) is 0 Å². The Morgan fingerprint density at radius 2 is 1.94 bits per heavy atom. The number of halogens is 2. The van der Waals surface area contributed by atoms with E-state index < -0.39 is 12.6 Å². The highest BCUT2D eigenvalue weighted by Crippen LogP contribution is 2.33. The molecule has 0 heterocycles. The molecule has 0 radical (unpaired) electrons. The molecule has 0 saturated heterocycles. The first-order valence-electron chi connectivity index (χ1n) is 4.64. The third-order valence-electron chi connectivity index (χ3n) is 2.08. The van der Waals surface area contributed by atoms with Gasteiger partial charge in [-0.2, -0.15) is 8.78 Å². The summed E-state index contributed by atoms with van der Waals surface area (Å²) in [6.07, 6.45) is -0.282. The van der Waals surface area contributed by atoms with Crippen molar-refractivity contribution < 1.29 is 23.0 Å². The van der Waals surface area contributed by atoms with E-state index in [1.54, 1.807) is 0 Å². The molecule has 5 nitrogen and oxygen atoms in total. The van der Waals surface area contributed by atoms with Gasteiger partial charge in [-0.3, -0.25) is 4.79 Å². The van der Waals surface area contributed by atoms with Gasteiger partial charge in [-0.15, -0.1) is 0 Å². The summed E-state index contributed by atoms with van der Waals surface area (Å²) in [6, 6.07) is 2.74. The number of esters is 1. The molecule has 0 spiro atoms. The average molecular weight is 246 g/mol. The number of nitrogens with two attached hydrogens (primary N) is 2. The maximum absolute atomic E-state index is 12.2. The molecule has 0 saturated carbocycles. The van der Waals surface area contributed by atoms with E-state index >= 15 is 0 Å². The van der Waals surface area contributed by atoms with Gasteiger partial charge in [0, 0.05) is 11.3 Å². The fourth-order valence-corrected chi connectivity index (χ4v) is 1.29. The van der Waals surface area contributed by atoms with E-state index in [9.17, 15) is 13.6 Å². The van der Waals surface area contributed by atoms with Crippen LogP contribution in [0.15, 0.2) is 12.1 Å². The van der Waals surface area contributed by atoms with E-state index in [1.807, 2.05) is 0 Å². The molecule has 17 heavy (non-hydrogen) atoms. The van der Waals surface area contributed by atoms with Crippen molar-refractivity contribution in [3.8, 4) is 5.75 Å². The number of hydrogen-bond acceptors (Lipinski definition) is 5. The SMILES string of the molecule is COC(=O)Cc1c(N)ccc(N)c1OC(F)F. The first kappa shape index (κ1) is 13.0. The number of alkyl halides is 2. The number of benzene rings is 1. The molecule has 0 fully saturated rings. The van der Waals surface area contributed by atoms with Crippen molar-refractivity contribution in [1.29, 1.82) is 0 Å². The zero-order chi connectivity index (χ0) is 13.0. The number of hydrogen-bond donors (Lipinski definition) is 2. The van der Waals surface area contributed by atoms with Gasteiger partial charge in [0.25, 0.3) is 0 Å². The van der Waals surface area contributed by atoms with Gasteiger partial charge in [0.15, 0.2) is 5.75 Å². The Balaban J connectivity index is 3.14. The molecular formula is C10H12F2N2O3. The molecule has 0 unspecified atom stereocenters. The summed E-state index contributed by atoms with van der Waals surface area (Å²) in [5.41, 5.74) is 11.3. The molecule has 0 atom stereocenters. The van der Waals surface area contributed by atoms with Crippen LogP contribution >= 0.6 is 0 Å². The van der Waals surface area contributed by atoms with Crippen LogP contribution < -0.4 is 16.2 Å². The maximum atomic E-state index is 12.2. The summed E-state index contributed by atoms with van der Waals surface area (Å²) in [4.78, 5) is 11.1. The molecule has 7 heteroatoms. The molecule has 0 aromatic heterocycles. The van der Waals surface area contributed by atoms with Crippen LogP contribution in [0.5, 0.6) is 5.75 Å². The predicted octanol–water partition coefficient (Wildman–Crippen LogP) is 1.17. The van der Waals surface area contributed by atoms with Crippen LogP contribution in [0, 0.1) is 0 Å². The highest BCUT2D eigenvalue weighted by molar-refractivity contribution is 5.79. The van der Waals surface area contributed by atoms with Gasteiger partial charge >= 0.3 is 12.6 Å². The first-order chi connectivity index (χ1) is 7.95. The summed E-state index contributed by atoms with van der Waals surface area (Å²) in [5, 5.41) is 0. The second kappa shape index (κ2) is 5.33. The smallest absolute Gasteiger partial charge is 0.387 e. The van der Waals surface area contributed by atoms with Gasteiger partial charge in [0.2, 0.25) is 0 Å². The average Bonchev–Trinajstić information content (AvgIpc) is 2.27. The lowest BCUT2D eigenvalue weighted by molar-refractivity contribution is -0.139. The van der Waals surface area contributed by atoms with Crippen LogP contribution in [-0.4, -0.2) is 19.7 Å². The van der Waals surface area contributed by atoms with Crippen molar-refractivity contribution >= 4 is 17.3 Å². The monoisotopic (exact) mass is 246 g/mol. The van der Waals surface area contributed by atoms with Gasteiger partial charge in [-0.1, -0.05) is 0 Å². The molecule has 94 valence electrons. The summed E-state index contributed by atoms with van der Waals surface area (Å²) >= 11 is 0. The minimum Gasteiger partial charge on any atom is -0.469 e. The fourth-order valence-electron chi connectivity index (χ4n) is 1.29. The lowest BCUT2D eigenvalue weighted by atomic mass is 10.1. The van der Waals surface area contributed by atoms with Gasteiger partial charge in [-0.25, -0.2) is 0 Å². The van der Waals surface area contributed by atoms with Gasteiger partial charge in [-0.05, 0) is 12.1 Å². The topological polar surface area (TPSA) is 87.6 Å². The van der Waals surface area contributed by atoms with E-state index in [4.69, 9.17) is 11.5 Å². The molecule has 0 aliphatic heterocycles. The van der Waals surface area contributed by atoms with Crippen molar-refractivity contribution in [2.45, 2.75) is 13.0 Å². The second-order valence-corrected chi connectivity index (χ2v) is 3.18. The Bertz CT molecular complexity index is 424. The highest BCUT2D eigenvalue weighted by atomic mass is 19.3. The summed E-state index contributed by atoms with van der Waals surface area (Å²) in [5.74, 6) is -0.910. The Hall–Kier alpha value is -2.05. The summed E-state index contributed by atoms with van der Waals surface area (Å²) < 4.78 is 33.1. The molecule has 0 aliphatic carbocycles. The van der Waals surface area contributed by atoms with Crippen molar-refractivity contribution in [2.24, 2.45) is 0 Å². The van der Waals surface area contributed by atoms with Gasteiger partial charge in [0.1, 0.15) is 0 Å². The number of methoxy groups -OCH3 is 1. The van der Waals surface area contributed by atoms with E-state index in [1.165, 1.54) is 19.2 Å². The van der Waals surface area contributed by atoms with E-state index in [2.05, 4.69) is 9.47 Å². The van der Waals surface area contributed by atoms with Crippen LogP contribution in [0.3, 0.4) is 0 Å². The van der Waals surface area contributed by atoms with Crippen molar-refractivity contribution in [1.82, 2.24) is 0 Å².